The van der Waals surface area contributed by atoms with Crippen molar-refractivity contribution in [1.82, 2.24) is 10.3 Å². The highest BCUT2D eigenvalue weighted by atomic mass is 16.4. The number of hydrogen-bond donors (Lipinski definition) is 2. The monoisotopic (exact) mass is 276 g/mol. The van der Waals surface area contributed by atoms with E-state index in [4.69, 9.17) is 5.11 Å². The van der Waals surface area contributed by atoms with Gasteiger partial charge in [0, 0.05) is 24.9 Å². The third-order valence-corrected chi connectivity index (χ3v) is 3.83. The van der Waals surface area contributed by atoms with E-state index in [-0.39, 0.29) is 17.9 Å². The van der Waals surface area contributed by atoms with Crippen LogP contribution >= 0.6 is 0 Å². The van der Waals surface area contributed by atoms with Gasteiger partial charge in [0.15, 0.2) is 0 Å². The quantitative estimate of drug-likeness (QED) is 0.859. The molecule has 2 rings (SSSR count). The van der Waals surface area contributed by atoms with Crippen molar-refractivity contribution in [3.05, 3.63) is 30.1 Å². The topological polar surface area (TPSA) is 79.3 Å². The van der Waals surface area contributed by atoms with Gasteiger partial charge in [0.1, 0.15) is 0 Å². The summed E-state index contributed by atoms with van der Waals surface area (Å²) in [6.07, 6.45) is 7.45. The maximum atomic E-state index is 11.9. The first kappa shape index (κ1) is 14.5. The smallest absolute Gasteiger partial charge is 0.306 e. The van der Waals surface area contributed by atoms with Gasteiger partial charge in [-0.25, -0.2) is 0 Å². The van der Waals surface area contributed by atoms with E-state index in [0.29, 0.717) is 25.7 Å². The summed E-state index contributed by atoms with van der Waals surface area (Å²) in [5.74, 6) is -0.909. The van der Waals surface area contributed by atoms with Crippen LogP contribution in [0.3, 0.4) is 0 Å². The molecule has 0 atom stereocenters. The van der Waals surface area contributed by atoms with Gasteiger partial charge in [-0.05, 0) is 49.8 Å². The predicted molar refractivity (Wildman–Crippen MR) is 74.1 cm³/mol. The van der Waals surface area contributed by atoms with E-state index in [1.54, 1.807) is 12.4 Å². The van der Waals surface area contributed by atoms with Crippen LogP contribution in [-0.2, 0) is 16.0 Å². The number of hydrogen-bond acceptors (Lipinski definition) is 3. The van der Waals surface area contributed by atoms with Gasteiger partial charge in [-0.15, -0.1) is 0 Å². The molecule has 0 spiro atoms. The highest BCUT2D eigenvalue weighted by molar-refractivity contribution is 5.76. The van der Waals surface area contributed by atoms with Crippen molar-refractivity contribution in [1.29, 1.82) is 0 Å². The van der Waals surface area contributed by atoms with E-state index in [0.717, 1.165) is 18.4 Å². The van der Waals surface area contributed by atoms with Gasteiger partial charge in [0.05, 0.1) is 5.92 Å². The molecule has 0 saturated heterocycles. The summed E-state index contributed by atoms with van der Waals surface area (Å²) >= 11 is 0. The predicted octanol–water partition coefficient (Wildman–Crippen LogP) is 1.77. The Morgan fingerprint density at radius 3 is 2.45 bits per heavy atom. The van der Waals surface area contributed by atoms with Crippen molar-refractivity contribution in [3.63, 3.8) is 0 Å². The molecular weight excluding hydrogens is 256 g/mol. The Bertz CT molecular complexity index is 453. The van der Waals surface area contributed by atoms with Gasteiger partial charge >= 0.3 is 5.97 Å². The summed E-state index contributed by atoms with van der Waals surface area (Å²) in [5.41, 5.74) is 1.10. The largest absolute Gasteiger partial charge is 0.481 e. The SMILES string of the molecule is O=C(CCc1ccncc1)NC1CCC(C(=O)O)CC1. The fourth-order valence-electron chi connectivity index (χ4n) is 2.59. The zero-order valence-corrected chi connectivity index (χ0v) is 11.4. The minimum atomic E-state index is -0.715. The number of nitrogens with zero attached hydrogens (tertiary/aromatic N) is 1. The van der Waals surface area contributed by atoms with Gasteiger partial charge in [-0.2, -0.15) is 0 Å². The molecule has 1 aliphatic rings. The fourth-order valence-corrected chi connectivity index (χ4v) is 2.59. The molecule has 1 aromatic rings. The first-order valence-corrected chi connectivity index (χ1v) is 7.06. The van der Waals surface area contributed by atoms with E-state index >= 15 is 0 Å². The number of amides is 1. The van der Waals surface area contributed by atoms with Crippen molar-refractivity contribution in [2.75, 3.05) is 0 Å². The lowest BCUT2D eigenvalue weighted by atomic mass is 9.86. The van der Waals surface area contributed by atoms with E-state index in [1.807, 2.05) is 12.1 Å². The Morgan fingerprint density at radius 1 is 1.20 bits per heavy atom. The fraction of sp³-hybridized carbons (Fsp3) is 0.533. The molecule has 1 amide bonds. The van der Waals surface area contributed by atoms with Crippen molar-refractivity contribution in [3.8, 4) is 0 Å². The van der Waals surface area contributed by atoms with Crippen LogP contribution < -0.4 is 5.32 Å². The first-order valence-electron chi connectivity index (χ1n) is 7.06. The van der Waals surface area contributed by atoms with Crippen LogP contribution in [0.2, 0.25) is 0 Å². The molecule has 20 heavy (non-hydrogen) atoms. The van der Waals surface area contributed by atoms with Gasteiger partial charge in [-0.3, -0.25) is 14.6 Å². The molecule has 2 N–H and O–H groups in total. The number of nitrogens with one attached hydrogen (secondary N) is 1. The maximum absolute atomic E-state index is 11.9. The Kier molecular flexibility index (Phi) is 5.09. The van der Waals surface area contributed by atoms with Crippen LogP contribution in [0.1, 0.15) is 37.7 Å². The molecule has 1 aromatic heterocycles. The normalized spacial score (nSPS) is 22.2. The summed E-state index contributed by atoms with van der Waals surface area (Å²) in [6, 6.07) is 3.95. The minimum Gasteiger partial charge on any atom is -0.481 e. The number of carbonyl (C=O) groups is 2. The average molecular weight is 276 g/mol. The molecule has 1 fully saturated rings. The Balaban J connectivity index is 1.69. The number of carbonyl (C=O) groups excluding carboxylic acids is 1. The summed E-state index contributed by atoms with van der Waals surface area (Å²) in [7, 11) is 0. The molecule has 0 aromatic carbocycles. The Morgan fingerprint density at radius 2 is 1.85 bits per heavy atom. The molecule has 0 unspecified atom stereocenters. The van der Waals surface area contributed by atoms with Crippen LogP contribution in [0, 0.1) is 5.92 Å². The summed E-state index contributed by atoms with van der Waals surface area (Å²) < 4.78 is 0. The van der Waals surface area contributed by atoms with Crippen LogP contribution in [0.5, 0.6) is 0 Å². The number of aryl methyl sites for hydroxylation is 1. The maximum Gasteiger partial charge on any atom is 0.306 e. The molecule has 1 aliphatic carbocycles. The number of carboxylic acid groups (broad SMARTS) is 1. The molecule has 1 saturated carbocycles. The first-order chi connectivity index (χ1) is 9.65. The van der Waals surface area contributed by atoms with Gasteiger partial charge in [-0.1, -0.05) is 0 Å². The van der Waals surface area contributed by atoms with Crippen LogP contribution in [0.4, 0.5) is 0 Å². The van der Waals surface area contributed by atoms with Gasteiger partial charge < -0.3 is 10.4 Å². The Hall–Kier alpha value is -1.91. The van der Waals surface area contributed by atoms with E-state index in [2.05, 4.69) is 10.3 Å². The second-order valence-corrected chi connectivity index (χ2v) is 5.31. The summed E-state index contributed by atoms with van der Waals surface area (Å²) in [4.78, 5) is 26.6. The summed E-state index contributed by atoms with van der Waals surface area (Å²) in [6.45, 7) is 0. The second-order valence-electron chi connectivity index (χ2n) is 5.31. The summed E-state index contributed by atoms with van der Waals surface area (Å²) in [5, 5.41) is 11.9. The highest BCUT2D eigenvalue weighted by Gasteiger charge is 2.26. The third kappa shape index (κ3) is 4.33. The van der Waals surface area contributed by atoms with Gasteiger partial charge in [0.25, 0.3) is 0 Å². The zero-order valence-electron chi connectivity index (χ0n) is 11.4. The van der Waals surface area contributed by atoms with Gasteiger partial charge in [0.2, 0.25) is 5.91 Å². The molecule has 5 heteroatoms. The molecule has 0 radical (unpaired) electrons. The van der Waals surface area contributed by atoms with Crippen molar-refractivity contribution >= 4 is 11.9 Å². The lowest BCUT2D eigenvalue weighted by Gasteiger charge is -2.26. The third-order valence-electron chi connectivity index (χ3n) is 3.83. The van der Waals surface area contributed by atoms with Crippen molar-refractivity contribution in [2.24, 2.45) is 5.92 Å². The van der Waals surface area contributed by atoms with Crippen LogP contribution in [0.15, 0.2) is 24.5 Å². The number of aliphatic carboxylic acids is 1. The highest BCUT2D eigenvalue weighted by Crippen LogP contribution is 2.24. The average Bonchev–Trinajstić information content (AvgIpc) is 2.47. The second kappa shape index (κ2) is 7.03. The minimum absolute atomic E-state index is 0.0422. The number of carboxylic acids is 1. The molecule has 0 aliphatic heterocycles. The van der Waals surface area contributed by atoms with Crippen molar-refractivity contribution in [2.45, 2.75) is 44.6 Å². The zero-order chi connectivity index (χ0) is 14.4. The van der Waals surface area contributed by atoms with E-state index in [1.165, 1.54) is 0 Å². The lowest BCUT2D eigenvalue weighted by molar-refractivity contribution is -0.142. The number of pyridine rings is 1. The Labute approximate surface area is 118 Å². The number of rotatable bonds is 5. The molecule has 0 bridgehead atoms. The molecule has 1 heterocycles. The molecule has 108 valence electrons. The standard InChI is InChI=1S/C15H20N2O3/c18-14(6-1-11-7-9-16-10-8-11)17-13-4-2-12(3-5-13)15(19)20/h7-10,12-13H,1-6H2,(H,17,18)(H,19,20). The lowest BCUT2D eigenvalue weighted by Crippen LogP contribution is -2.38. The van der Waals surface area contributed by atoms with Crippen molar-refractivity contribution < 1.29 is 14.7 Å². The molecular formula is C15H20N2O3. The number of aromatic nitrogens is 1. The van der Waals surface area contributed by atoms with Crippen LogP contribution in [0.25, 0.3) is 0 Å². The van der Waals surface area contributed by atoms with E-state index in [9.17, 15) is 9.59 Å². The molecule has 5 nitrogen and oxygen atoms in total. The van der Waals surface area contributed by atoms with E-state index < -0.39 is 5.97 Å². The van der Waals surface area contributed by atoms with Crippen LogP contribution in [-0.4, -0.2) is 28.0 Å².